The Morgan fingerprint density at radius 3 is 2.29 bits per heavy atom. The zero-order chi connectivity index (χ0) is 32.6. The summed E-state index contributed by atoms with van der Waals surface area (Å²) in [4.78, 5) is 33.3. The van der Waals surface area contributed by atoms with E-state index in [0.29, 0.717) is 22.8 Å². The van der Waals surface area contributed by atoms with Crippen LogP contribution in [0.1, 0.15) is 39.2 Å². The van der Waals surface area contributed by atoms with Gasteiger partial charge in [0, 0.05) is 16.9 Å². The maximum atomic E-state index is 12.9. The van der Waals surface area contributed by atoms with Crippen molar-refractivity contribution in [1.82, 2.24) is 14.8 Å². The zero-order valence-electron chi connectivity index (χ0n) is 24.8. The fourth-order valence-corrected chi connectivity index (χ4v) is 4.52. The van der Waals surface area contributed by atoms with Gasteiger partial charge in [-0.15, -0.1) is 18.3 Å². The minimum absolute atomic E-state index is 0.0280. The first-order chi connectivity index (χ1) is 21.4. The number of amidine groups is 1. The van der Waals surface area contributed by atoms with Crippen LogP contribution in [0.5, 0.6) is 5.75 Å². The van der Waals surface area contributed by atoms with Gasteiger partial charge in [-0.3, -0.25) is 4.79 Å². The van der Waals surface area contributed by atoms with E-state index in [1.54, 1.807) is 38.1 Å². The normalized spacial score (nSPS) is 11.9. The van der Waals surface area contributed by atoms with Crippen molar-refractivity contribution in [3.63, 3.8) is 0 Å². The van der Waals surface area contributed by atoms with Gasteiger partial charge in [0.15, 0.2) is 11.0 Å². The molecule has 236 valence electrons. The average Bonchev–Trinajstić information content (AvgIpc) is 3.47. The number of thioether (sulfide) groups is 1. The zero-order valence-corrected chi connectivity index (χ0v) is 25.6. The Kier molecular flexibility index (Phi) is 10.8. The summed E-state index contributed by atoms with van der Waals surface area (Å²) in [7, 11) is 0. The Morgan fingerprint density at radius 2 is 1.64 bits per heavy atom. The van der Waals surface area contributed by atoms with Gasteiger partial charge >= 0.3 is 18.4 Å². The standard InChI is InChI=1S/C31H31F3N6O4S/c1-19(2)25-7-5-6-8-26(25)37-30(45-18-43-28(41)20(3)4)38-29(42)36-22-11-9-21(10-12-22)27-35-17-40(39-27)23-13-15-24(16-14-23)44-31(32,33)34/h5-17,19-20H,18H2,1-4H3,(H2,36,37,38,42). The molecule has 2 amide bonds. The van der Waals surface area contributed by atoms with E-state index < -0.39 is 12.4 Å². The molecule has 0 saturated heterocycles. The van der Waals surface area contributed by atoms with E-state index in [1.807, 2.05) is 24.3 Å². The molecule has 4 rings (SSSR count). The van der Waals surface area contributed by atoms with Crippen LogP contribution in [-0.2, 0) is 9.53 Å². The van der Waals surface area contributed by atoms with Crippen LogP contribution in [0.3, 0.4) is 0 Å². The number of nitrogens with zero attached hydrogens (tertiary/aromatic N) is 4. The molecule has 1 aromatic heterocycles. The molecule has 14 heteroatoms. The number of para-hydroxylation sites is 1. The summed E-state index contributed by atoms with van der Waals surface area (Å²) in [6.07, 6.45) is -3.34. The number of urea groups is 1. The smallest absolute Gasteiger partial charge is 0.454 e. The van der Waals surface area contributed by atoms with Crippen molar-refractivity contribution in [2.24, 2.45) is 10.9 Å². The molecule has 3 aromatic carbocycles. The minimum atomic E-state index is -4.78. The second-order valence-corrected chi connectivity index (χ2v) is 11.1. The Morgan fingerprint density at radius 1 is 0.956 bits per heavy atom. The third-order valence-corrected chi connectivity index (χ3v) is 6.82. The second kappa shape index (κ2) is 14.8. The SMILES string of the molecule is CC(C)C(=O)OCS/C(=N\C(=O)Nc1ccc(-c2ncn(-c3ccc(OC(F)(F)F)cc3)n2)cc1)Nc1ccccc1C(C)C. The largest absolute Gasteiger partial charge is 0.573 e. The molecule has 0 bridgehead atoms. The third kappa shape index (κ3) is 9.83. The van der Waals surface area contributed by atoms with Crippen molar-refractivity contribution in [3.8, 4) is 22.8 Å². The van der Waals surface area contributed by atoms with Gasteiger partial charge in [-0.25, -0.2) is 14.5 Å². The summed E-state index contributed by atoms with van der Waals surface area (Å²) in [5, 5.41) is 10.5. The molecule has 4 aromatic rings. The molecule has 1 heterocycles. The van der Waals surface area contributed by atoms with Crippen LogP contribution in [0.25, 0.3) is 17.1 Å². The van der Waals surface area contributed by atoms with E-state index in [4.69, 9.17) is 4.74 Å². The van der Waals surface area contributed by atoms with Gasteiger partial charge in [-0.1, -0.05) is 45.9 Å². The highest BCUT2D eigenvalue weighted by Crippen LogP contribution is 2.26. The first kappa shape index (κ1) is 33.1. The minimum Gasteiger partial charge on any atom is -0.454 e. The Bertz CT molecular complexity index is 1640. The van der Waals surface area contributed by atoms with Crippen molar-refractivity contribution in [2.75, 3.05) is 16.6 Å². The number of hydrogen-bond donors (Lipinski definition) is 2. The highest BCUT2D eigenvalue weighted by molar-refractivity contribution is 8.14. The molecule has 0 aliphatic rings. The number of ether oxygens (including phenoxy) is 2. The van der Waals surface area contributed by atoms with Gasteiger partial charge in [0.05, 0.1) is 11.6 Å². The number of amides is 2. The van der Waals surface area contributed by atoms with Crippen molar-refractivity contribution in [3.05, 3.63) is 84.7 Å². The molecule has 0 atom stereocenters. The van der Waals surface area contributed by atoms with Crippen LogP contribution in [0.15, 0.2) is 84.1 Å². The highest BCUT2D eigenvalue weighted by atomic mass is 32.2. The van der Waals surface area contributed by atoms with Gasteiger partial charge in [0.2, 0.25) is 0 Å². The molecule has 2 N–H and O–H groups in total. The van der Waals surface area contributed by atoms with Gasteiger partial charge in [0.25, 0.3) is 0 Å². The van der Waals surface area contributed by atoms with Crippen molar-refractivity contribution in [2.45, 2.75) is 40.0 Å². The summed E-state index contributed by atoms with van der Waals surface area (Å²) < 4.78 is 47.8. The van der Waals surface area contributed by atoms with Crippen molar-refractivity contribution >= 4 is 40.3 Å². The maximum Gasteiger partial charge on any atom is 0.573 e. The average molecular weight is 641 g/mol. The molecule has 0 aliphatic carbocycles. The summed E-state index contributed by atoms with van der Waals surface area (Å²) in [6, 6.07) is 19.0. The molecular weight excluding hydrogens is 609 g/mol. The van der Waals surface area contributed by atoms with E-state index >= 15 is 0 Å². The molecule has 0 radical (unpaired) electrons. The van der Waals surface area contributed by atoms with Crippen molar-refractivity contribution in [1.29, 1.82) is 0 Å². The van der Waals surface area contributed by atoms with Crippen LogP contribution in [-0.4, -0.2) is 44.2 Å². The lowest BCUT2D eigenvalue weighted by Gasteiger charge is -2.16. The molecule has 0 fully saturated rings. The van der Waals surface area contributed by atoms with E-state index in [-0.39, 0.29) is 34.7 Å². The predicted octanol–water partition coefficient (Wildman–Crippen LogP) is 7.85. The van der Waals surface area contributed by atoms with Crippen LogP contribution in [0.2, 0.25) is 0 Å². The molecule has 45 heavy (non-hydrogen) atoms. The van der Waals surface area contributed by atoms with Crippen LogP contribution < -0.4 is 15.4 Å². The summed E-state index contributed by atoms with van der Waals surface area (Å²) in [6.45, 7) is 7.58. The number of aromatic nitrogens is 3. The highest BCUT2D eigenvalue weighted by Gasteiger charge is 2.31. The number of aliphatic imine (C=N–C) groups is 1. The summed E-state index contributed by atoms with van der Waals surface area (Å²) in [5.41, 5.74) is 3.41. The number of esters is 1. The monoisotopic (exact) mass is 640 g/mol. The number of carbonyl (C=O) groups is 2. The van der Waals surface area contributed by atoms with Crippen molar-refractivity contribution < 1.29 is 32.2 Å². The third-order valence-electron chi connectivity index (χ3n) is 6.12. The first-order valence-corrected chi connectivity index (χ1v) is 14.8. The number of anilines is 2. The lowest BCUT2D eigenvalue weighted by atomic mass is 10.0. The number of rotatable bonds is 9. The quantitative estimate of drug-likeness (QED) is 0.0822. The molecule has 0 saturated carbocycles. The lowest BCUT2D eigenvalue weighted by Crippen LogP contribution is -2.18. The first-order valence-electron chi connectivity index (χ1n) is 13.8. The van der Waals surface area contributed by atoms with Crippen LogP contribution in [0, 0.1) is 5.92 Å². The number of carbonyl (C=O) groups excluding carboxylic acids is 2. The number of hydrogen-bond acceptors (Lipinski definition) is 7. The molecule has 0 spiro atoms. The number of alkyl halides is 3. The van der Waals surface area contributed by atoms with Gasteiger partial charge in [0.1, 0.15) is 18.0 Å². The van der Waals surface area contributed by atoms with Gasteiger partial charge in [-0.05, 0) is 77.8 Å². The Labute approximate surface area is 262 Å². The number of halogens is 3. The van der Waals surface area contributed by atoms with E-state index in [2.05, 4.69) is 44.3 Å². The number of benzene rings is 3. The number of nitrogens with one attached hydrogen (secondary N) is 2. The molecular formula is C31H31F3N6O4S. The lowest BCUT2D eigenvalue weighted by molar-refractivity contribution is -0.274. The maximum absolute atomic E-state index is 12.9. The van der Waals surface area contributed by atoms with Gasteiger partial charge < -0.3 is 20.1 Å². The topological polar surface area (TPSA) is 120 Å². The van der Waals surface area contributed by atoms with E-state index in [9.17, 15) is 22.8 Å². The van der Waals surface area contributed by atoms with E-state index in [1.165, 1.54) is 35.3 Å². The van der Waals surface area contributed by atoms with Gasteiger partial charge in [-0.2, -0.15) is 4.99 Å². The van der Waals surface area contributed by atoms with Crippen LogP contribution in [0.4, 0.5) is 29.3 Å². The Balaban J connectivity index is 1.44. The fraction of sp³-hybridized carbons (Fsp3) is 0.258. The predicted molar refractivity (Wildman–Crippen MR) is 167 cm³/mol. The summed E-state index contributed by atoms with van der Waals surface area (Å²) >= 11 is 1.08. The Hall–Kier alpha value is -4.85. The molecule has 10 nitrogen and oxygen atoms in total. The molecule has 0 aliphatic heterocycles. The fourth-order valence-electron chi connectivity index (χ4n) is 3.90. The second-order valence-electron chi connectivity index (χ2n) is 10.2. The molecule has 0 unspecified atom stereocenters. The summed E-state index contributed by atoms with van der Waals surface area (Å²) in [5.74, 6) is -0.440. The van der Waals surface area contributed by atoms with Crippen LogP contribution >= 0.6 is 11.8 Å². The van der Waals surface area contributed by atoms with E-state index in [0.717, 1.165) is 23.0 Å².